The van der Waals surface area contributed by atoms with Crippen molar-refractivity contribution in [2.45, 2.75) is 11.4 Å². The zero-order valence-corrected chi connectivity index (χ0v) is 14.7. The molecule has 0 saturated carbocycles. The van der Waals surface area contributed by atoms with E-state index in [1.165, 1.54) is 22.9 Å². The molecule has 0 aliphatic carbocycles. The first kappa shape index (κ1) is 18.5. The number of hydrogen-bond donors (Lipinski definition) is 1. The number of amides is 1. The third kappa shape index (κ3) is 4.64. The van der Waals surface area contributed by atoms with Gasteiger partial charge >= 0.3 is 15.9 Å². The summed E-state index contributed by atoms with van der Waals surface area (Å²) < 4.78 is 36.0. The van der Waals surface area contributed by atoms with Gasteiger partial charge in [-0.3, -0.25) is 9.36 Å². The van der Waals surface area contributed by atoms with Crippen LogP contribution in [-0.4, -0.2) is 23.9 Å². The van der Waals surface area contributed by atoms with Crippen LogP contribution in [0.15, 0.2) is 76.7 Å². The summed E-state index contributed by atoms with van der Waals surface area (Å²) in [5.41, 5.74) is 1.07. The lowest BCUT2D eigenvalue weighted by atomic mass is 10.1. The number of nitrogens with zero attached hydrogens (tertiary/aromatic N) is 2. The highest BCUT2D eigenvalue weighted by Gasteiger charge is 2.13. The largest absolute Gasteiger partial charge is 0.347 e. The van der Waals surface area contributed by atoms with Gasteiger partial charge in [0.15, 0.2) is 0 Å². The Morgan fingerprint density at radius 3 is 2.52 bits per heavy atom. The minimum absolute atomic E-state index is 0.177. The molecule has 0 unspecified atom stereocenters. The van der Waals surface area contributed by atoms with Crippen molar-refractivity contribution >= 4 is 21.8 Å². The smallest absolute Gasteiger partial charge is 0.322 e. The van der Waals surface area contributed by atoms with Crippen LogP contribution in [0.25, 0.3) is 0 Å². The molecule has 0 aliphatic heterocycles. The van der Waals surface area contributed by atoms with E-state index in [-0.39, 0.29) is 11.3 Å². The Hall–Kier alpha value is -3.33. The Morgan fingerprint density at radius 2 is 1.85 bits per heavy atom. The van der Waals surface area contributed by atoms with Crippen molar-refractivity contribution in [1.82, 2.24) is 9.55 Å². The molecular weight excluding hydrogens is 373 g/mol. The molecule has 3 aromatic rings. The van der Waals surface area contributed by atoms with Gasteiger partial charge in [-0.1, -0.05) is 12.1 Å². The van der Waals surface area contributed by atoms with Crippen LogP contribution in [-0.2, 0) is 16.8 Å². The number of nitrogens with one attached hydrogen (secondary N) is 1. The zero-order valence-electron chi connectivity index (χ0n) is 13.9. The Kier molecular flexibility index (Phi) is 5.13. The fourth-order valence-electron chi connectivity index (χ4n) is 2.42. The van der Waals surface area contributed by atoms with Gasteiger partial charge in [0.2, 0.25) is 0 Å². The summed E-state index contributed by atoms with van der Waals surface area (Å²) in [4.78, 5) is 27.1. The molecule has 1 amide bonds. The van der Waals surface area contributed by atoms with E-state index < -0.39 is 21.0 Å². The number of anilines is 1. The van der Waals surface area contributed by atoms with Crippen LogP contribution in [0.4, 0.5) is 9.57 Å². The molecule has 9 heteroatoms. The van der Waals surface area contributed by atoms with Crippen LogP contribution in [0, 0.1) is 0 Å². The topological polar surface area (TPSA) is 98.1 Å². The summed E-state index contributed by atoms with van der Waals surface area (Å²) in [7, 11) is -4.81. The molecule has 3 rings (SSSR count). The molecule has 0 atom stereocenters. The molecule has 1 heterocycles. The molecular formula is C18H14FN3O4S. The maximum absolute atomic E-state index is 12.9. The van der Waals surface area contributed by atoms with Crippen LogP contribution < -0.4 is 11.0 Å². The lowest BCUT2D eigenvalue weighted by Gasteiger charge is -2.09. The SMILES string of the molecule is O=C(Nc1cccc(Cn2cccnc2=O)c1)c1ccc(S(=O)(=O)F)cc1. The lowest BCUT2D eigenvalue weighted by Crippen LogP contribution is -2.22. The minimum atomic E-state index is -4.81. The predicted octanol–water partition coefficient (Wildman–Crippen LogP) is 2.20. The number of halogens is 1. The molecule has 0 aliphatic rings. The van der Waals surface area contributed by atoms with Gasteiger partial charge in [-0.15, -0.1) is 3.89 Å². The zero-order chi connectivity index (χ0) is 19.4. The molecule has 1 N–H and O–H groups in total. The summed E-state index contributed by atoms with van der Waals surface area (Å²) in [6.07, 6.45) is 3.02. The van der Waals surface area contributed by atoms with E-state index >= 15 is 0 Å². The summed E-state index contributed by atoms with van der Waals surface area (Å²) in [5.74, 6) is -0.478. The van der Waals surface area contributed by atoms with E-state index in [0.29, 0.717) is 12.2 Å². The molecule has 0 spiro atoms. The molecule has 7 nitrogen and oxygen atoms in total. The highest BCUT2D eigenvalue weighted by molar-refractivity contribution is 7.86. The number of benzene rings is 2. The van der Waals surface area contributed by atoms with E-state index in [1.807, 2.05) is 0 Å². The van der Waals surface area contributed by atoms with E-state index in [9.17, 15) is 21.9 Å². The first-order chi connectivity index (χ1) is 12.8. The average molecular weight is 387 g/mol. The number of carbonyl (C=O) groups excluding carboxylic acids is 1. The van der Waals surface area contributed by atoms with Crippen molar-refractivity contribution in [3.05, 3.63) is 88.6 Å². The Balaban J connectivity index is 1.75. The molecule has 0 fully saturated rings. The van der Waals surface area contributed by atoms with Crippen LogP contribution in [0.2, 0.25) is 0 Å². The fourth-order valence-corrected chi connectivity index (χ4v) is 2.88. The second kappa shape index (κ2) is 7.50. The molecule has 138 valence electrons. The van der Waals surface area contributed by atoms with Crippen molar-refractivity contribution in [2.24, 2.45) is 0 Å². The van der Waals surface area contributed by atoms with Crippen LogP contribution in [0.3, 0.4) is 0 Å². The Morgan fingerprint density at radius 1 is 1.11 bits per heavy atom. The van der Waals surface area contributed by atoms with E-state index in [0.717, 1.165) is 17.7 Å². The van der Waals surface area contributed by atoms with Gasteiger partial charge in [-0.05, 0) is 48.0 Å². The summed E-state index contributed by atoms with van der Waals surface area (Å²) in [6, 6.07) is 13.0. The number of rotatable bonds is 5. The second-order valence-electron chi connectivity index (χ2n) is 5.65. The van der Waals surface area contributed by atoms with Crippen LogP contribution in [0.1, 0.15) is 15.9 Å². The van der Waals surface area contributed by atoms with Crippen molar-refractivity contribution in [2.75, 3.05) is 5.32 Å². The summed E-state index contributed by atoms with van der Waals surface area (Å²) in [6.45, 7) is 0.291. The lowest BCUT2D eigenvalue weighted by molar-refractivity contribution is 0.102. The Bertz CT molecular complexity index is 1140. The molecule has 1 aromatic heterocycles. The maximum atomic E-state index is 12.9. The van der Waals surface area contributed by atoms with Gasteiger partial charge in [0.05, 0.1) is 11.4 Å². The first-order valence-electron chi connectivity index (χ1n) is 7.79. The van der Waals surface area contributed by atoms with Crippen molar-refractivity contribution in [3.8, 4) is 0 Å². The summed E-state index contributed by atoms with van der Waals surface area (Å²) in [5, 5.41) is 2.67. The van der Waals surface area contributed by atoms with E-state index in [1.54, 1.807) is 36.5 Å². The molecule has 0 saturated heterocycles. The maximum Gasteiger partial charge on any atom is 0.347 e. The average Bonchev–Trinajstić information content (AvgIpc) is 2.63. The van der Waals surface area contributed by atoms with Crippen molar-refractivity contribution in [1.29, 1.82) is 0 Å². The highest BCUT2D eigenvalue weighted by Crippen LogP contribution is 2.16. The molecule has 0 bridgehead atoms. The summed E-state index contributed by atoms with van der Waals surface area (Å²) >= 11 is 0. The standard InChI is InChI=1S/C18H14FN3O4S/c19-27(25,26)16-7-5-14(6-8-16)17(23)21-15-4-1-3-13(11-15)12-22-10-2-9-20-18(22)24/h1-11H,12H2,(H,21,23). The fraction of sp³-hybridized carbons (Fsp3) is 0.0556. The van der Waals surface area contributed by atoms with Gasteiger partial charge in [0.1, 0.15) is 0 Å². The second-order valence-corrected chi connectivity index (χ2v) is 6.99. The van der Waals surface area contributed by atoms with Gasteiger partial charge in [-0.2, -0.15) is 8.42 Å². The van der Waals surface area contributed by atoms with Gasteiger partial charge in [-0.25, -0.2) is 9.78 Å². The normalized spacial score (nSPS) is 11.1. The third-order valence-corrected chi connectivity index (χ3v) is 4.55. The van der Waals surface area contributed by atoms with Gasteiger partial charge in [0.25, 0.3) is 5.91 Å². The van der Waals surface area contributed by atoms with Crippen LogP contribution in [0.5, 0.6) is 0 Å². The quantitative estimate of drug-likeness (QED) is 0.677. The highest BCUT2D eigenvalue weighted by atomic mass is 32.3. The minimum Gasteiger partial charge on any atom is -0.322 e. The van der Waals surface area contributed by atoms with Gasteiger partial charge in [0, 0.05) is 23.6 Å². The monoisotopic (exact) mass is 387 g/mol. The van der Waals surface area contributed by atoms with Crippen molar-refractivity contribution < 1.29 is 17.1 Å². The number of aromatic nitrogens is 2. The number of hydrogen-bond acceptors (Lipinski definition) is 5. The van der Waals surface area contributed by atoms with E-state index in [2.05, 4.69) is 10.3 Å². The molecule has 0 radical (unpaired) electrons. The predicted molar refractivity (Wildman–Crippen MR) is 96.7 cm³/mol. The van der Waals surface area contributed by atoms with Crippen molar-refractivity contribution in [3.63, 3.8) is 0 Å². The van der Waals surface area contributed by atoms with Crippen LogP contribution >= 0.6 is 0 Å². The van der Waals surface area contributed by atoms with Gasteiger partial charge < -0.3 is 5.32 Å². The molecule has 2 aromatic carbocycles. The molecule has 27 heavy (non-hydrogen) atoms. The Labute approximate surface area is 154 Å². The van der Waals surface area contributed by atoms with E-state index in [4.69, 9.17) is 0 Å². The third-order valence-electron chi connectivity index (χ3n) is 3.72. The first-order valence-corrected chi connectivity index (χ1v) is 9.18. The number of carbonyl (C=O) groups is 1.